The number of nitro groups is 1. The standard InChI is InChI=1S/C13H18N2O3S/c1-2-14-10-7-11(15(16)17)9-13(8-10)19-12-3-5-18-6-4-12/h7-9,12,14H,2-6H2,1H3. The van der Waals surface area contributed by atoms with Crippen LogP contribution in [0.25, 0.3) is 0 Å². The lowest BCUT2D eigenvalue weighted by Gasteiger charge is -2.21. The first-order chi connectivity index (χ1) is 9.19. The van der Waals surface area contributed by atoms with E-state index < -0.39 is 0 Å². The number of anilines is 1. The molecule has 0 spiro atoms. The molecule has 1 N–H and O–H groups in total. The minimum absolute atomic E-state index is 0.146. The van der Waals surface area contributed by atoms with Crippen molar-refractivity contribution in [3.63, 3.8) is 0 Å². The lowest BCUT2D eigenvalue weighted by atomic mass is 10.2. The number of nitro benzene ring substituents is 1. The highest BCUT2D eigenvalue weighted by atomic mass is 32.2. The van der Waals surface area contributed by atoms with Gasteiger partial charge in [0.25, 0.3) is 5.69 Å². The molecule has 5 nitrogen and oxygen atoms in total. The third-order valence-electron chi connectivity index (χ3n) is 2.95. The molecule has 0 saturated carbocycles. The number of ether oxygens (including phenoxy) is 1. The highest BCUT2D eigenvalue weighted by Gasteiger charge is 2.17. The highest BCUT2D eigenvalue weighted by molar-refractivity contribution is 8.00. The van der Waals surface area contributed by atoms with Crippen molar-refractivity contribution in [3.05, 3.63) is 28.3 Å². The monoisotopic (exact) mass is 282 g/mol. The van der Waals surface area contributed by atoms with Crippen molar-refractivity contribution in [2.75, 3.05) is 25.1 Å². The molecule has 1 aliphatic heterocycles. The first kappa shape index (κ1) is 14.1. The molecule has 0 unspecified atom stereocenters. The predicted octanol–water partition coefficient (Wildman–Crippen LogP) is 3.30. The van der Waals surface area contributed by atoms with Crippen LogP contribution in [0, 0.1) is 10.1 Å². The largest absolute Gasteiger partial charge is 0.385 e. The molecular formula is C13H18N2O3S. The van der Waals surface area contributed by atoms with Crippen LogP contribution in [0.1, 0.15) is 19.8 Å². The van der Waals surface area contributed by atoms with Gasteiger partial charge in [0.15, 0.2) is 0 Å². The Morgan fingerprint density at radius 1 is 1.42 bits per heavy atom. The fourth-order valence-corrected chi connectivity index (χ4v) is 3.25. The lowest BCUT2D eigenvalue weighted by Crippen LogP contribution is -2.17. The van der Waals surface area contributed by atoms with Crippen LogP contribution in [0.2, 0.25) is 0 Å². The van der Waals surface area contributed by atoms with Gasteiger partial charge in [0, 0.05) is 47.7 Å². The molecule has 1 saturated heterocycles. The summed E-state index contributed by atoms with van der Waals surface area (Å²) in [4.78, 5) is 11.6. The van der Waals surface area contributed by atoms with E-state index in [1.165, 1.54) is 0 Å². The molecule has 0 aromatic heterocycles. The second kappa shape index (κ2) is 6.77. The number of nitrogens with one attached hydrogen (secondary N) is 1. The SMILES string of the molecule is CCNc1cc(SC2CCOCC2)cc([N+](=O)[O-])c1. The molecule has 0 aliphatic carbocycles. The quantitative estimate of drug-likeness (QED) is 0.663. The summed E-state index contributed by atoms with van der Waals surface area (Å²) in [6.07, 6.45) is 2.01. The molecule has 1 fully saturated rings. The third kappa shape index (κ3) is 4.11. The van der Waals surface area contributed by atoms with Crippen LogP contribution in [0.3, 0.4) is 0 Å². The summed E-state index contributed by atoms with van der Waals surface area (Å²) in [6.45, 7) is 4.30. The number of nitrogens with zero attached hydrogens (tertiary/aromatic N) is 1. The second-order valence-corrected chi connectivity index (χ2v) is 5.81. The molecule has 0 amide bonds. The van der Waals surface area contributed by atoms with Crippen LogP contribution < -0.4 is 5.32 Å². The molecule has 0 radical (unpaired) electrons. The lowest BCUT2D eigenvalue weighted by molar-refractivity contribution is -0.385. The summed E-state index contributed by atoms with van der Waals surface area (Å²) >= 11 is 1.71. The van der Waals surface area contributed by atoms with Gasteiger partial charge in [-0.05, 0) is 25.8 Å². The molecule has 19 heavy (non-hydrogen) atoms. The first-order valence-electron chi connectivity index (χ1n) is 6.47. The minimum atomic E-state index is -0.338. The Labute approximate surface area is 116 Å². The van der Waals surface area contributed by atoms with Crippen molar-refractivity contribution in [1.82, 2.24) is 0 Å². The molecule has 104 valence electrons. The van der Waals surface area contributed by atoms with E-state index in [0.717, 1.165) is 43.2 Å². The fraction of sp³-hybridized carbons (Fsp3) is 0.538. The summed E-state index contributed by atoms with van der Waals surface area (Å²) in [5.41, 5.74) is 0.958. The van der Waals surface area contributed by atoms with Gasteiger partial charge in [0.2, 0.25) is 0 Å². The highest BCUT2D eigenvalue weighted by Crippen LogP contribution is 2.34. The van der Waals surface area contributed by atoms with Gasteiger partial charge in [-0.1, -0.05) is 0 Å². The molecular weight excluding hydrogens is 264 g/mol. The summed E-state index contributed by atoms with van der Waals surface area (Å²) in [5, 5.41) is 14.6. The average molecular weight is 282 g/mol. The molecule has 1 heterocycles. The summed E-state index contributed by atoms with van der Waals surface area (Å²) < 4.78 is 5.33. The van der Waals surface area contributed by atoms with E-state index in [4.69, 9.17) is 4.74 Å². The third-order valence-corrected chi connectivity index (χ3v) is 4.27. The minimum Gasteiger partial charge on any atom is -0.385 e. The van der Waals surface area contributed by atoms with Crippen LogP contribution in [0.15, 0.2) is 23.1 Å². The van der Waals surface area contributed by atoms with E-state index in [1.807, 2.05) is 13.0 Å². The van der Waals surface area contributed by atoms with Crippen molar-refractivity contribution in [3.8, 4) is 0 Å². The predicted molar refractivity (Wildman–Crippen MR) is 77.0 cm³/mol. The first-order valence-corrected chi connectivity index (χ1v) is 7.34. The molecule has 1 aromatic carbocycles. The van der Waals surface area contributed by atoms with E-state index in [1.54, 1.807) is 23.9 Å². The van der Waals surface area contributed by atoms with Gasteiger partial charge in [-0.15, -0.1) is 11.8 Å². The second-order valence-electron chi connectivity index (χ2n) is 4.43. The van der Waals surface area contributed by atoms with Crippen LogP contribution in [0.5, 0.6) is 0 Å². The van der Waals surface area contributed by atoms with Crippen LogP contribution in [0.4, 0.5) is 11.4 Å². The van der Waals surface area contributed by atoms with Crippen LogP contribution in [-0.4, -0.2) is 29.9 Å². The zero-order valence-electron chi connectivity index (χ0n) is 10.9. The Bertz CT molecular complexity index is 448. The van der Waals surface area contributed by atoms with Crippen molar-refractivity contribution >= 4 is 23.1 Å². The van der Waals surface area contributed by atoms with Crippen molar-refractivity contribution in [1.29, 1.82) is 0 Å². The summed E-state index contributed by atoms with van der Waals surface area (Å²) in [5.74, 6) is 0. The van der Waals surface area contributed by atoms with Gasteiger partial charge in [-0.3, -0.25) is 10.1 Å². The van der Waals surface area contributed by atoms with E-state index in [-0.39, 0.29) is 10.6 Å². The van der Waals surface area contributed by atoms with Gasteiger partial charge >= 0.3 is 0 Å². The molecule has 0 atom stereocenters. The Hall–Kier alpha value is -1.27. The maximum absolute atomic E-state index is 11.0. The number of non-ortho nitro benzene ring substituents is 1. The van der Waals surface area contributed by atoms with Gasteiger partial charge < -0.3 is 10.1 Å². The molecule has 6 heteroatoms. The Morgan fingerprint density at radius 3 is 2.79 bits per heavy atom. The van der Waals surface area contributed by atoms with E-state index >= 15 is 0 Å². The zero-order valence-corrected chi connectivity index (χ0v) is 11.7. The number of thioether (sulfide) groups is 1. The van der Waals surface area contributed by atoms with E-state index in [9.17, 15) is 10.1 Å². The zero-order chi connectivity index (χ0) is 13.7. The summed E-state index contributed by atoms with van der Waals surface area (Å²) in [6, 6.07) is 5.22. The maximum atomic E-state index is 11.0. The number of rotatable bonds is 5. The van der Waals surface area contributed by atoms with Crippen molar-refractivity contribution < 1.29 is 9.66 Å². The molecule has 2 rings (SSSR count). The fourth-order valence-electron chi connectivity index (χ4n) is 2.05. The molecule has 1 aliphatic rings. The van der Waals surface area contributed by atoms with Crippen molar-refractivity contribution in [2.45, 2.75) is 29.9 Å². The smallest absolute Gasteiger partial charge is 0.272 e. The van der Waals surface area contributed by atoms with Gasteiger partial charge in [0.05, 0.1) is 4.92 Å². The average Bonchev–Trinajstić information content (AvgIpc) is 2.40. The normalized spacial score (nSPS) is 16.3. The number of benzene rings is 1. The number of hydrogen-bond acceptors (Lipinski definition) is 5. The van der Waals surface area contributed by atoms with Gasteiger partial charge in [-0.25, -0.2) is 0 Å². The van der Waals surface area contributed by atoms with E-state index in [0.29, 0.717) is 5.25 Å². The topological polar surface area (TPSA) is 64.4 Å². The molecule has 0 bridgehead atoms. The Kier molecular flexibility index (Phi) is 5.04. The maximum Gasteiger partial charge on any atom is 0.272 e. The van der Waals surface area contributed by atoms with Gasteiger partial charge in [-0.2, -0.15) is 0 Å². The van der Waals surface area contributed by atoms with E-state index in [2.05, 4.69) is 5.32 Å². The Balaban J connectivity index is 2.15. The van der Waals surface area contributed by atoms with Crippen LogP contribution in [-0.2, 0) is 4.74 Å². The molecule has 1 aromatic rings. The van der Waals surface area contributed by atoms with Gasteiger partial charge in [0.1, 0.15) is 0 Å². The number of hydrogen-bond donors (Lipinski definition) is 1. The summed E-state index contributed by atoms with van der Waals surface area (Å²) in [7, 11) is 0. The van der Waals surface area contributed by atoms with Crippen LogP contribution >= 0.6 is 11.8 Å². The Morgan fingerprint density at radius 2 is 2.16 bits per heavy atom. The van der Waals surface area contributed by atoms with Crippen molar-refractivity contribution in [2.24, 2.45) is 0 Å².